The van der Waals surface area contributed by atoms with Gasteiger partial charge < -0.3 is 14.9 Å². The molecule has 0 aromatic heterocycles. The molecule has 0 saturated carbocycles. The first-order valence-electron chi connectivity index (χ1n) is 6.47. The Labute approximate surface area is 131 Å². The molecule has 0 rings (SSSR count). The number of carbonyl (C=O) groups is 4. The molecule has 0 aliphatic carbocycles. The van der Waals surface area contributed by atoms with Gasteiger partial charge in [0.15, 0.2) is 0 Å². The minimum atomic E-state index is -0.506. The third kappa shape index (κ3) is 15.0. The van der Waals surface area contributed by atoms with E-state index in [0.717, 1.165) is 12.0 Å². The Morgan fingerprint density at radius 1 is 1.14 bits per heavy atom. The Morgan fingerprint density at radius 2 is 1.86 bits per heavy atom. The number of amides is 2. The monoisotopic (exact) mass is 336 g/mol. The maximum Gasteiger partial charge on any atom is 0.333 e. The van der Waals surface area contributed by atoms with Crippen LogP contribution in [0.25, 0.3) is 0 Å². The molecule has 0 aliphatic heterocycles. The molecule has 0 aromatic rings. The fraction of sp³-hybridized carbons (Fsp3) is 0.667. The molecule has 0 saturated heterocycles. The standard InChI is InChI=1S/C12H20N2O5S2/c1-10(16)13-6-9-21-20-8-5-12(18)19-14-11(17)4-2-3-7-15/h7H,2-6,8-9H2,1H3,(H,13,16)(H,14,17). The van der Waals surface area contributed by atoms with E-state index >= 15 is 0 Å². The molecule has 0 aliphatic rings. The van der Waals surface area contributed by atoms with Gasteiger partial charge in [0.05, 0.1) is 6.42 Å². The number of rotatable bonds is 11. The minimum Gasteiger partial charge on any atom is -0.355 e. The third-order valence-electron chi connectivity index (χ3n) is 2.04. The van der Waals surface area contributed by atoms with Gasteiger partial charge in [0.2, 0.25) is 5.91 Å². The average molecular weight is 336 g/mol. The van der Waals surface area contributed by atoms with E-state index in [1.165, 1.54) is 17.7 Å². The number of unbranched alkanes of at least 4 members (excludes halogenated alkanes) is 1. The fourth-order valence-electron chi connectivity index (χ4n) is 1.07. The molecule has 0 unspecified atom stereocenters. The van der Waals surface area contributed by atoms with E-state index in [2.05, 4.69) is 10.2 Å². The van der Waals surface area contributed by atoms with E-state index in [-0.39, 0.29) is 18.7 Å². The first-order chi connectivity index (χ1) is 10.1. The van der Waals surface area contributed by atoms with Gasteiger partial charge in [-0.3, -0.25) is 9.59 Å². The number of nitrogens with one attached hydrogen (secondary N) is 2. The van der Waals surface area contributed by atoms with Crippen LogP contribution >= 0.6 is 21.6 Å². The number of aldehydes is 1. The largest absolute Gasteiger partial charge is 0.355 e. The van der Waals surface area contributed by atoms with Crippen LogP contribution in [-0.4, -0.2) is 42.1 Å². The SMILES string of the molecule is CC(=O)NCCSSCCC(=O)ONC(=O)CCCC=O. The zero-order chi connectivity index (χ0) is 15.9. The molecule has 120 valence electrons. The van der Waals surface area contributed by atoms with Crippen LogP contribution in [0.3, 0.4) is 0 Å². The third-order valence-corrected chi connectivity index (χ3v) is 4.44. The molecular weight excluding hydrogens is 316 g/mol. The first-order valence-corrected chi connectivity index (χ1v) is 8.96. The highest BCUT2D eigenvalue weighted by molar-refractivity contribution is 8.76. The maximum atomic E-state index is 11.3. The lowest BCUT2D eigenvalue weighted by Gasteiger charge is -2.05. The van der Waals surface area contributed by atoms with Crippen LogP contribution in [0.4, 0.5) is 0 Å². The Hall–Kier alpha value is -1.22. The lowest BCUT2D eigenvalue weighted by Crippen LogP contribution is -2.26. The van der Waals surface area contributed by atoms with E-state index in [1.807, 2.05) is 5.48 Å². The summed E-state index contributed by atoms with van der Waals surface area (Å²) in [4.78, 5) is 47.7. The van der Waals surface area contributed by atoms with Gasteiger partial charge in [-0.15, -0.1) is 0 Å². The Balaban J connectivity index is 3.39. The van der Waals surface area contributed by atoms with Crippen LogP contribution in [0.5, 0.6) is 0 Å². The molecule has 7 nitrogen and oxygen atoms in total. The van der Waals surface area contributed by atoms with Crippen LogP contribution in [-0.2, 0) is 24.0 Å². The van der Waals surface area contributed by atoms with Gasteiger partial charge >= 0.3 is 5.97 Å². The van der Waals surface area contributed by atoms with E-state index in [1.54, 1.807) is 10.8 Å². The van der Waals surface area contributed by atoms with Crippen LogP contribution in [0.2, 0.25) is 0 Å². The Kier molecular flexibility index (Phi) is 13.0. The van der Waals surface area contributed by atoms with Gasteiger partial charge in [0.1, 0.15) is 6.29 Å². The molecule has 0 radical (unpaired) electrons. The summed E-state index contributed by atoms with van der Waals surface area (Å²) in [5.74, 6) is 0.335. The Morgan fingerprint density at radius 3 is 2.52 bits per heavy atom. The van der Waals surface area contributed by atoms with Crippen molar-refractivity contribution < 1.29 is 24.0 Å². The minimum absolute atomic E-state index is 0.0620. The molecule has 0 heterocycles. The van der Waals surface area contributed by atoms with Gasteiger partial charge in [0, 0.05) is 37.8 Å². The molecule has 2 N–H and O–H groups in total. The summed E-state index contributed by atoms with van der Waals surface area (Å²) in [6, 6.07) is 0. The van der Waals surface area contributed by atoms with Gasteiger partial charge in [0.25, 0.3) is 5.91 Å². The van der Waals surface area contributed by atoms with Crippen LogP contribution in [0.15, 0.2) is 0 Å². The van der Waals surface area contributed by atoms with Gasteiger partial charge in [-0.1, -0.05) is 21.6 Å². The highest BCUT2D eigenvalue weighted by Crippen LogP contribution is 2.21. The van der Waals surface area contributed by atoms with E-state index in [4.69, 9.17) is 0 Å². The second kappa shape index (κ2) is 13.7. The molecule has 0 spiro atoms. The summed E-state index contributed by atoms with van der Waals surface area (Å²) in [6.07, 6.45) is 1.83. The predicted molar refractivity (Wildman–Crippen MR) is 82.4 cm³/mol. The molecule has 0 aromatic carbocycles. The molecule has 21 heavy (non-hydrogen) atoms. The summed E-state index contributed by atoms with van der Waals surface area (Å²) in [7, 11) is 3.05. The van der Waals surface area contributed by atoms with Crippen LogP contribution < -0.4 is 10.8 Å². The number of hydroxylamine groups is 1. The second-order valence-electron chi connectivity index (χ2n) is 3.94. The van der Waals surface area contributed by atoms with Crippen molar-refractivity contribution in [1.29, 1.82) is 0 Å². The van der Waals surface area contributed by atoms with Gasteiger partial charge in [-0.25, -0.2) is 4.79 Å². The summed E-state index contributed by atoms with van der Waals surface area (Å²) < 4.78 is 0. The Bertz CT molecular complexity index is 353. The van der Waals surface area contributed by atoms with Crippen molar-refractivity contribution in [2.45, 2.75) is 32.6 Å². The molecule has 0 atom stereocenters. The van der Waals surface area contributed by atoms with Gasteiger partial charge in [-0.05, 0) is 6.42 Å². The van der Waals surface area contributed by atoms with Crippen molar-refractivity contribution in [1.82, 2.24) is 10.8 Å². The maximum absolute atomic E-state index is 11.3. The van der Waals surface area contributed by atoms with Crippen molar-refractivity contribution >= 4 is 45.7 Å². The second-order valence-corrected chi connectivity index (χ2v) is 6.64. The lowest BCUT2D eigenvalue weighted by molar-refractivity contribution is -0.157. The zero-order valence-corrected chi connectivity index (χ0v) is 13.5. The molecule has 0 bridgehead atoms. The van der Waals surface area contributed by atoms with Gasteiger partial charge in [-0.2, -0.15) is 5.48 Å². The van der Waals surface area contributed by atoms with Crippen molar-refractivity contribution in [3.05, 3.63) is 0 Å². The zero-order valence-electron chi connectivity index (χ0n) is 11.9. The molecule has 2 amide bonds. The van der Waals surface area contributed by atoms with Crippen molar-refractivity contribution in [2.24, 2.45) is 0 Å². The summed E-state index contributed by atoms with van der Waals surface area (Å²) in [6.45, 7) is 2.05. The summed E-state index contributed by atoms with van der Waals surface area (Å²) in [5, 5.41) is 2.66. The van der Waals surface area contributed by atoms with Crippen molar-refractivity contribution in [3.63, 3.8) is 0 Å². The van der Waals surface area contributed by atoms with Crippen molar-refractivity contribution in [2.75, 3.05) is 18.1 Å². The quantitative estimate of drug-likeness (QED) is 0.249. The topological polar surface area (TPSA) is 102 Å². The molecule has 9 heteroatoms. The lowest BCUT2D eigenvalue weighted by atomic mass is 10.2. The molecular formula is C12H20N2O5S2. The van der Waals surface area contributed by atoms with E-state index in [0.29, 0.717) is 25.1 Å². The number of carbonyl (C=O) groups excluding carboxylic acids is 4. The smallest absolute Gasteiger partial charge is 0.333 e. The summed E-state index contributed by atoms with van der Waals surface area (Å²) in [5.41, 5.74) is 2.05. The fourth-order valence-corrected chi connectivity index (χ4v) is 2.95. The number of hydrogen-bond acceptors (Lipinski definition) is 7. The van der Waals surface area contributed by atoms with E-state index < -0.39 is 11.9 Å². The highest BCUT2D eigenvalue weighted by Gasteiger charge is 2.06. The summed E-state index contributed by atoms with van der Waals surface area (Å²) >= 11 is 0. The van der Waals surface area contributed by atoms with Crippen LogP contribution in [0, 0.1) is 0 Å². The highest BCUT2D eigenvalue weighted by atomic mass is 33.1. The normalized spacial score (nSPS) is 9.76. The average Bonchev–Trinajstić information content (AvgIpc) is 2.44. The van der Waals surface area contributed by atoms with Crippen LogP contribution in [0.1, 0.15) is 32.6 Å². The first kappa shape index (κ1) is 19.8. The van der Waals surface area contributed by atoms with Crippen molar-refractivity contribution in [3.8, 4) is 0 Å². The number of hydrogen-bond donors (Lipinski definition) is 2. The predicted octanol–water partition coefficient (Wildman–Crippen LogP) is 0.838. The molecule has 0 fully saturated rings. The van der Waals surface area contributed by atoms with E-state index in [9.17, 15) is 19.2 Å².